The van der Waals surface area contributed by atoms with Gasteiger partial charge in [-0.1, -0.05) is 0 Å². The Hall–Kier alpha value is -2.12. The van der Waals surface area contributed by atoms with Gasteiger partial charge in [-0.25, -0.2) is 0 Å². The molecule has 0 saturated heterocycles. The van der Waals surface area contributed by atoms with Gasteiger partial charge in [0.05, 0.1) is 21.3 Å². The number of thiophene rings is 1. The second kappa shape index (κ2) is 10.8. The molecular weight excluding hydrogens is 370 g/mol. The predicted octanol–water partition coefficient (Wildman–Crippen LogP) is 3.84. The van der Waals surface area contributed by atoms with Crippen molar-refractivity contribution in [2.24, 2.45) is 0 Å². The van der Waals surface area contributed by atoms with E-state index < -0.39 is 0 Å². The Balaban J connectivity index is 1.83. The highest BCUT2D eigenvalue weighted by molar-refractivity contribution is 7.98. The van der Waals surface area contributed by atoms with Crippen molar-refractivity contribution in [2.45, 2.75) is 5.75 Å². The highest BCUT2D eigenvalue weighted by Gasteiger charge is 2.12. The molecule has 0 spiro atoms. The quantitative estimate of drug-likeness (QED) is 0.491. The van der Waals surface area contributed by atoms with Gasteiger partial charge in [-0.3, -0.25) is 4.79 Å². The minimum Gasteiger partial charge on any atom is -0.493 e. The van der Waals surface area contributed by atoms with Gasteiger partial charge in [0.25, 0.3) is 0 Å². The van der Waals surface area contributed by atoms with Gasteiger partial charge in [0.2, 0.25) is 11.7 Å². The van der Waals surface area contributed by atoms with Crippen LogP contribution in [0, 0.1) is 0 Å². The molecule has 1 aromatic heterocycles. The van der Waals surface area contributed by atoms with Gasteiger partial charge in [-0.15, -0.1) is 0 Å². The first-order chi connectivity index (χ1) is 12.7. The predicted molar refractivity (Wildman–Crippen MR) is 109 cm³/mol. The van der Waals surface area contributed by atoms with Gasteiger partial charge in [0, 0.05) is 24.1 Å². The molecule has 26 heavy (non-hydrogen) atoms. The van der Waals surface area contributed by atoms with Crippen LogP contribution in [-0.2, 0) is 10.5 Å². The Morgan fingerprint density at radius 2 is 1.92 bits per heavy atom. The maximum Gasteiger partial charge on any atom is 0.244 e. The molecule has 0 aliphatic carbocycles. The molecule has 0 unspecified atom stereocenters. The van der Waals surface area contributed by atoms with Crippen LogP contribution in [0.1, 0.15) is 11.1 Å². The molecule has 7 heteroatoms. The number of carbonyl (C=O) groups is 1. The summed E-state index contributed by atoms with van der Waals surface area (Å²) in [4.78, 5) is 11.9. The number of rotatable bonds is 10. The van der Waals surface area contributed by atoms with Gasteiger partial charge >= 0.3 is 0 Å². The molecule has 1 aromatic carbocycles. The minimum absolute atomic E-state index is 0.130. The van der Waals surface area contributed by atoms with Crippen molar-refractivity contribution in [3.8, 4) is 17.2 Å². The molecule has 0 aliphatic heterocycles. The van der Waals surface area contributed by atoms with Gasteiger partial charge in [0.1, 0.15) is 0 Å². The number of benzene rings is 1. The van der Waals surface area contributed by atoms with Gasteiger partial charge in [-0.05, 0) is 46.2 Å². The lowest BCUT2D eigenvalue weighted by Gasteiger charge is -2.12. The Morgan fingerprint density at radius 3 is 2.50 bits per heavy atom. The van der Waals surface area contributed by atoms with Crippen molar-refractivity contribution < 1.29 is 19.0 Å². The fourth-order valence-electron chi connectivity index (χ4n) is 2.24. The molecule has 1 heterocycles. The van der Waals surface area contributed by atoms with E-state index in [0.717, 1.165) is 17.1 Å². The lowest BCUT2D eigenvalue weighted by molar-refractivity contribution is -0.116. The lowest BCUT2D eigenvalue weighted by Crippen LogP contribution is -2.23. The smallest absolute Gasteiger partial charge is 0.244 e. The number of ether oxygens (including phenoxy) is 3. The number of methoxy groups -OCH3 is 3. The largest absolute Gasteiger partial charge is 0.493 e. The van der Waals surface area contributed by atoms with Gasteiger partial charge in [-0.2, -0.15) is 23.1 Å². The molecule has 1 N–H and O–H groups in total. The van der Waals surface area contributed by atoms with Crippen molar-refractivity contribution in [3.63, 3.8) is 0 Å². The highest BCUT2D eigenvalue weighted by Crippen LogP contribution is 2.38. The van der Waals surface area contributed by atoms with Crippen LogP contribution in [0.25, 0.3) is 6.08 Å². The third-order valence-electron chi connectivity index (χ3n) is 3.51. The number of thioether (sulfide) groups is 1. The minimum atomic E-state index is -0.130. The van der Waals surface area contributed by atoms with E-state index in [1.54, 1.807) is 62.6 Å². The normalized spacial score (nSPS) is 10.7. The van der Waals surface area contributed by atoms with E-state index in [4.69, 9.17) is 14.2 Å². The number of hydrogen-bond acceptors (Lipinski definition) is 6. The summed E-state index contributed by atoms with van der Waals surface area (Å²) in [5.41, 5.74) is 2.12. The second-order valence-electron chi connectivity index (χ2n) is 5.27. The highest BCUT2D eigenvalue weighted by atomic mass is 32.2. The van der Waals surface area contributed by atoms with Crippen molar-refractivity contribution in [1.29, 1.82) is 0 Å². The van der Waals surface area contributed by atoms with Crippen LogP contribution >= 0.6 is 23.1 Å². The summed E-state index contributed by atoms with van der Waals surface area (Å²) in [5, 5.41) is 7.10. The molecule has 2 aromatic rings. The van der Waals surface area contributed by atoms with Crippen LogP contribution in [-0.4, -0.2) is 39.5 Å². The van der Waals surface area contributed by atoms with Crippen molar-refractivity contribution >= 4 is 35.1 Å². The van der Waals surface area contributed by atoms with E-state index in [1.807, 2.05) is 0 Å². The zero-order valence-corrected chi connectivity index (χ0v) is 16.7. The average molecular weight is 394 g/mol. The number of hydrogen-bond donors (Lipinski definition) is 1. The molecule has 0 radical (unpaired) electrons. The summed E-state index contributed by atoms with van der Waals surface area (Å²) >= 11 is 3.50. The molecule has 2 rings (SSSR count). The summed E-state index contributed by atoms with van der Waals surface area (Å²) in [6.07, 6.45) is 3.22. The Kier molecular flexibility index (Phi) is 8.37. The van der Waals surface area contributed by atoms with E-state index in [9.17, 15) is 4.79 Å². The first kappa shape index (κ1) is 20.2. The maximum atomic E-state index is 11.9. The summed E-state index contributed by atoms with van der Waals surface area (Å²) in [6.45, 7) is 0.632. The maximum absolute atomic E-state index is 11.9. The van der Waals surface area contributed by atoms with E-state index in [0.29, 0.717) is 23.8 Å². The number of carbonyl (C=O) groups excluding carboxylic acids is 1. The Bertz CT molecular complexity index is 704. The third-order valence-corrected chi connectivity index (χ3v) is 5.27. The summed E-state index contributed by atoms with van der Waals surface area (Å²) in [6, 6.07) is 5.71. The first-order valence-corrected chi connectivity index (χ1v) is 10.1. The van der Waals surface area contributed by atoms with E-state index in [-0.39, 0.29) is 5.91 Å². The van der Waals surface area contributed by atoms with Crippen molar-refractivity contribution in [3.05, 3.63) is 46.2 Å². The lowest BCUT2D eigenvalue weighted by atomic mass is 10.1. The van der Waals surface area contributed by atoms with Crippen LogP contribution in [0.3, 0.4) is 0 Å². The van der Waals surface area contributed by atoms with Crippen LogP contribution in [0.2, 0.25) is 0 Å². The molecule has 0 fully saturated rings. The monoisotopic (exact) mass is 393 g/mol. The SMILES string of the molecule is COc1cc(/C=C/C(=O)NCCSCc2ccsc2)cc(OC)c1OC. The van der Waals surface area contributed by atoms with Crippen molar-refractivity contribution in [2.75, 3.05) is 33.6 Å². The summed E-state index contributed by atoms with van der Waals surface area (Å²) < 4.78 is 15.9. The molecule has 0 aliphatic rings. The Labute approximate surface area is 162 Å². The number of amides is 1. The van der Waals surface area contributed by atoms with Crippen LogP contribution in [0.15, 0.2) is 35.0 Å². The van der Waals surface area contributed by atoms with E-state index >= 15 is 0 Å². The van der Waals surface area contributed by atoms with Crippen LogP contribution < -0.4 is 19.5 Å². The van der Waals surface area contributed by atoms with E-state index in [2.05, 4.69) is 22.1 Å². The molecule has 0 atom stereocenters. The zero-order valence-electron chi connectivity index (χ0n) is 15.1. The topological polar surface area (TPSA) is 56.8 Å². The zero-order chi connectivity index (χ0) is 18.8. The summed E-state index contributed by atoms with van der Waals surface area (Å²) in [5.74, 6) is 3.35. The van der Waals surface area contributed by atoms with Crippen LogP contribution in [0.4, 0.5) is 0 Å². The molecular formula is C19H23NO4S2. The molecule has 140 valence electrons. The molecule has 1 amide bonds. The third kappa shape index (κ3) is 6.00. The Morgan fingerprint density at radius 1 is 1.19 bits per heavy atom. The molecule has 5 nitrogen and oxygen atoms in total. The fourth-order valence-corrected chi connectivity index (χ4v) is 3.82. The summed E-state index contributed by atoms with van der Waals surface area (Å²) in [7, 11) is 4.68. The average Bonchev–Trinajstić information content (AvgIpc) is 3.18. The first-order valence-electron chi connectivity index (χ1n) is 8.02. The second-order valence-corrected chi connectivity index (χ2v) is 7.15. The van der Waals surface area contributed by atoms with Crippen molar-refractivity contribution in [1.82, 2.24) is 5.32 Å². The van der Waals surface area contributed by atoms with Gasteiger partial charge in [0.15, 0.2) is 11.5 Å². The van der Waals surface area contributed by atoms with Crippen LogP contribution in [0.5, 0.6) is 17.2 Å². The number of nitrogens with one attached hydrogen (secondary N) is 1. The molecule has 0 bridgehead atoms. The standard InChI is InChI=1S/C19H23NO4S2/c1-22-16-10-14(11-17(23-2)19(16)24-3)4-5-18(21)20-7-9-26-13-15-6-8-25-12-15/h4-6,8,10-12H,7,9,13H2,1-3H3,(H,20,21)/b5-4+. The fraction of sp³-hybridized carbons (Fsp3) is 0.316. The van der Waals surface area contributed by atoms with E-state index in [1.165, 1.54) is 11.6 Å². The molecule has 0 saturated carbocycles. The van der Waals surface area contributed by atoms with Gasteiger partial charge < -0.3 is 19.5 Å².